The molecular weight excluding hydrogens is 366 g/mol. The summed E-state index contributed by atoms with van der Waals surface area (Å²) >= 11 is 7.54. The third-order valence-electron chi connectivity index (χ3n) is 4.23. The van der Waals surface area contributed by atoms with Gasteiger partial charge in [0.05, 0.1) is 6.04 Å². The number of hydrogen-bond acceptors (Lipinski definition) is 5. The van der Waals surface area contributed by atoms with Gasteiger partial charge < -0.3 is 10.4 Å². The molecule has 6 heteroatoms. The van der Waals surface area contributed by atoms with Crippen LogP contribution in [0.15, 0.2) is 60.7 Å². The molecule has 0 aliphatic rings. The molecule has 4 nitrogen and oxygen atoms in total. The van der Waals surface area contributed by atoms with E-state index < -0.39 is 0 Å². The number of halogens is 1. The van der Waals surface area contributed by atoms with Gasteiger partial charge in [-0.05, 0) is 41.5 Å². The van der Waals surface area contributed by atoms with Crippen LogP contribution >= 0.6 is 22.9 Å². The molecule has 0 amide bonds. The van der Waals surface area contributed by atoms with Crippen molar-refractivity contribution < 1.29 is 5.11 Å². The number of nitrogens with zero attached hydrogens (tertiary/aromatic N) is 2. The Balaban J connectivity index is 1.90. The van der Waals surface area contributed by atoms with Crippen LogP contribution in [0.2, 0.25) is 5.02 Å². The van der Waals surface area contributed by atoms with Crippen molar-refractivity contribution in [2.24, 2.45) is 0 Å². The van der Waals surface area contributed by atoms with E-state index >= 15 is 0 Å². The van der Waals surface area contributed by atoms with E-state index in [0.717, 1.165) is 26.9 Å². The molecule has 3 aromatic carbocycles. The summed E-state index contributed by atoms with van der Waals surface area (Å²) in [5.41, 5.74) is 1.78. The maximum atomic E-state index is 10.7. The Morgan fingerprint density at radius 3 is 2.50 bits per heavy atom. The van der Waals surface area contributed by atoms with Crippen molar-refractivity contribution in [1.82, 2.24) is 10.2 Å². The minimum absolute atomic E-state index is 0.234. The van der Waals surface area contributed by atoms with Gasteiger partial charge in [-0.1, -0.05) is 65.4 Å². The molecule has 1 heterocycles. The number of rotatable bonds is 4. The number of nitrogens with one attached hydrogen (secondary N) is 1. The number of anilines is 1. The van der Waals surface area contributed by atoms with E-state index in [-0.39, 0.29) is 11.8 Å². The lowest BCUT2D eigenvalue weighted by Gasteiger charge is -2.22. The van der Waals surface area contributed by atoms with Crippen molar-refractivity contribution in [3.8, 4) is 5.75 Å². The highest BCUT2D eigenvalue weighted by Gasteiger charge is 2.22. The molecule has 26 heavy (non-hydrogen) atoms. The van der Waals surface area contributed by atoms with Crippen LogP contribution in [0.25, 0.3) is 10.8 Å². The van der Waals surface area contributed by atoms with Crippen LogP contribution in [-0.2, 0) is 0 Å². The van der Waals surface area contributed by atoms with Crippen molar-refractivity contribution in [3.63, 3.8) is 0 Å². The minimum atomic E-state index is -0.286. The third-order valence-corrected chi connectivity index (χ3v) is 5.26. The summed E-state index contributed by atoms with van der Waals surface area (Å²) in [4.78, 5) is 0. The molecule has 0 aliphatic carbocycles. The topological polar surface area (TPSA) is 58.0 Å². The van der Waals surface area contributed by atoms with Gasteiger partial charge in [-0.3, -0.25) is 0 Å². The third kappa shape index (κ3) is 3.23. The second-order valence-corrected chi connectivity index (χ2v) is 7.59. The fourth-order valence-electron chi connectivity index (χ4n) is 3.04. The number of aromatic nitrogens is 2. The van der Waals surface area contributed by atoms with Crippen LogP contribution in [0.5, 0.6) is 5.75 Å². The Morgan fingerprint density at radius 2 is 1.77 bits per heavy atom. The number of aromatic hydroxyl groups is 1. The Hall–Kier alpha value is -2.63. The van der Waals surface area contributed by atoms with Crippen LogP contribution in [0, 0.1) is 6.92 Å². The van der Waals surface area contributed by atoms with Gasteiger partial charge in [0, 0.05) is 10.6 Å². The van der Waals surface area contributed by atoms with Gasteiger partial charge in [0.15, 0.2) is 0 Å². The summed E-state index contributed by atoms with van der Waals surface area (Å²) < 4.78 is 0. The molecule has 1 aromatic heterocycles. The fraction of sp³-hybridized carbons (Fsp3) is 0.100. The van der Waals surface area contributed by atoms with Crippen molar-refractivity contribution in [2.45, 2.75) is 13.0 Å². The average Bonchev–Trinajstić information content (AvgIpc) is 3.06. The summed E-state index contributed by atoms with van der Waals surface area (Å²) in [7, 11) is 0. The Labute approximate surface area is 160 Å². The van der Waals surface area contributed by atoms with E-state index in [1.165, 1.54) is 11.3 Å². The summed E-state index contributed by atoms with van der Waals surface area (Å²) in [6, 6.07) is 19.0. The van der Waals surface area contributed by atoms with Gasteiger partial charge in [0.25, 0.3) is 0 Å². The molecule has 130 valence electrons. The van der Waals surface area contributed by atoms with Gasteiger partial charge in [0.1, 0.15) is 10.8 Å². The van der Waals surface area contributed by atoms with Crippen molar-refractivity contribution in [3.05, 3.63) is 81.8 Å². The predicted molar refractivity (Wildman–Crippen MR) is 107 cm³/mol. The van der Waals surface area contributed by atoms with E-state index in [1.54, 1.807) is 6.07 Å². The molecule has 4 aromatic rings. The zero-order valence-corrected chi connectivity index (χ0v) is 15.6. The predicted octanol–water partition coefficient (Wildman–Crippen LogP) is 5.56. The summed E-state index contributed by atoms with van der Waals surface area (Å²) in [6.45, 7) is 1.91. The lowest BCUT2D eigenvalue weighted by molar-refractivity contribution is 0.468. The Kier molecular flexibility index (Phi) is 4.49. The van der Waals surface area contributed by atoms with Gasteiger partial charge in [-0.15, -0.1) is 10.2 Å². The Bertz CT molecular complexity index is 1060. The van der Waals surface area contributed by atoms with E-state index in [2.05, 4.69) is 15.5 Å². The molecule has 0 aliphatic heterocycles. The molecule has 2 N–H and O–H groups in total. The average molecular weight is 382 g/mol. The van der Waals surface area contributed by atoms with Gasteiger partial charge in [-0.2, -0.15) is 0 Å². The summed E-state index contributed by atoms with van der Waals surface area (Å²) in [6.07, 6.45) is 0. The molecule has 0 spiro atoms. The molecule has 0 saturated heterocycles. The Morgan fingerprint density at radius 1 is 1.00 bits per heavy atom. The van der Waals surface area contributed by atoms with Crippen molar-refractivity contribution in [2.75, 3.05) is 5.32 Å². The van der Waals surface area contributed by atoms with E-state index in [4.69, 9.17) is 11.6 Å². The van der Waals surface area contributed by atoms with Gasteiger partial charge in [0.2, 0.25) is 5.13 Å². The second-order valence-electron chi connectivity index (χ2n) is 5.97. The molecule has 0 fully saturated rings. The fourth-order valence-corrected chi connectivity index (χ4v) is 3.79. The molecular formula is C20H16ClN3OS. The van der Waals surface area contributed by atoms with Crippen LogP contribution in [-0.4, -0.2) is 15.3 Å². The number of phenols is 1. The number of benzene rings is 3. The first-order valence-electron chi connectivity index (χ1n) is 8.14. The molecule has 1 unspecified atom stereocenters. The smallest absolute Gasteiger partial charge is 0.206 e. The van der Waals surface area contributed by atoms with Crippen LogP contribution < -0.4 is 5.32 Å². The van der Waals surface area contributed by atoms with Crippen LogP contribution in [0.4, 0.5) is 5.13 Å². The maximum absolute atomic E-state index is 10.7. The molecule has 0 saturated carbocycles. The summed E-state index contributed by atoms with van der Waals surface area (Å²) in [5, 5.41) is 26.7. The number of fused-ring (bicyclic) bond motifs is 1. The monoisotopic (exact) mass is 381 g/mol. The van der Waals surface area contributed by atoms with Crippen LogP contribution in [0.3, 0.4) is 0 Å². The first-order valence-corrected chi connectivity index (χ1v) is 9.34. The molecule has 0 radical (unpaired) electrons. The molecule has 4 rings (SSSR count). The van der Waals surface area contributed by atoms with E-state index in [9.17, 15) is 5.11 Å². The number of hydrogen-bond donors (Lipinski definition) is 2. The minimum Gasteiger partial charge on any atom is -0.508 e. The van der Waals surface area contributed by atoms with Gasteiger partial charge in [-0.25, -0.2) is 0 Å². The zero-order valence-electron chi connectivity index (χ0n) is 14.0. The standard InChI is InChI=1S/C20H16ClN3OS/c1-12-23-24-20(26-12)22-19(14-6-9-15(21)10-7-14)18-16-5-3-2-4-13(16)8-11-17(18)25/h2-11,19,25H,1H3,(H,22,24). The molecule has 1 atom stereocenters. The van der Waals surface area contributed by atoms with Crippen LogP contribution in [0.1, 0.15) is 22.2 Å². The number of aryl methyl sites for hydroxylation is 1. The first kappa shape index (κ1) is 16.8. The van der Waals surface area contributed by atoms with E-state index in [0.29, 0.717) is 10.2 Å². The lowest BCUT2D eigenvalue weighted by Crippen LogP contribution is -2.13. The SMILES string of the molecule is Cc1nnc(NC(c2ccc(Cl)cc2)c2c(O)ccc3ccccc23)s1. The second kappa shape index (κ2) is 6.94. The van der Waals surface area contributed by atoms with E-state index in [1.807, 2.05) is 61.5 Å². The molecule has 0 bridgehead atoms. The van der Waals surface area contributed by atoms with Crippen molar-refractivity contribution >= 4 is 38.8 Å². The normalized spacial score (nSPS) is 12.2. The zero-order chi connectivity index (χ0) is 18.1. The highest BCUT2D eigenvalue weighted by Crippen LogP contribution is 2.38. The first-order chi connectivity index (χ1) is 12.6. The highest BCUT2D eigenvalue weighted by molar-refractivity contribution is 7.15. The lowest BCUT2D eigenvalue weighted by atomic mass is 9.93. The maximum Gasteiger partial charge on any atom is 0.206 e. The largest absolute Gasteiger partial charge is 0.508 e. The van der Waals surface area contributed by atoms with Gasteiger partial charge >= 0.3 is 0 Å². The van der Waals surface area contributed by atoms with Crippen molar-refractivity contribution in [1.29, 1.82) is 0 Å². The summed E-state index contributed by atoms with van der Waals surface area (Å²) in [5.74, 6) is 0.234. The number of phenolic OH excluding ortho intramolecular Hbond substituents is 1. The highest BCUT2D eigenvalue weighted by atomic mass is 35.5. The quantitative estimate of drug-likeness (QED) is 0.485.